The fourth-order valence-electron chi connectivity index (χ4n) is 1.25. The molecule has 0 aromatic heterocycles. The van der Waals surface area contributed by atoms with E-state index in [2.05, 4.69) is 30.4 Å². The fraction of sp³-hybridized carbons (Fsp3) is 0.400. The van der Waals surface area contributed by atoms with E-state index in [0.29, 0.717) is 6.54 Å². The van der Waals surface area contributed by atoms with Gasteiger partial charge in [-0.2, -0.15) is 0 Å². The van der Waals surface area contributed by atoms with Crippen molar-refractivity contribution in [3.8, 4) is 0 Å². The minimum absolute atomic E-state index is 0.597. The molecule has 66 valence electrons. The van der Waals surface area contributed by atoms with Gasteiger partial charge in [0.1, 0.15) is 0 Å². The number of benzene rings is 1. The first kappa shape index (κ1) is 9.07. The van der Waals surface area contributed by atoms with Gasteiger partial charge in [-0.05, 0) is 23.6 Å². The molecule has 0 spiro atoms. The Morgan fingerprint density at radius 3 is 2.67 bits per heavy atom. The normalized spacial score (nSPS) is 9.92. The standard InChI is InChI=1S/C10H16N2/c1-3-8-4-5-9(7-11)10(6-8)12-2/h4-6,12H,3,7,11H2,1-2H3. The number of nitrogens with two attached hydrogens (primary N) is 1. The van der Waals surface area contributed by atoms with E-state index in [1.54, 1.807) is 0 Å². The molecule has 12 heavy (non-hydrogen) atoms. The van der Waals surface area contributed by atoms with Gasteiger partial charge in [-0.25, -0.2) is 0 Å². The predicted octanol–water partition coefficient (Wildman–Crippen LogP) is 1.75. The van der Waals surface area contributed by atoms with Crippen LogP contribution in [0.1, 0.15) is 18.1 Å². The summed E-state index contributed by atoms with van der Waals surface area (Å²) >= 11 is 0. The second-order valence-corrected chi connectivity index (χ2v) is 2.80. The molecule has 3 N–H and O–H groups in total. The Labute approximate surface area is 73.8 Å². The minimum Gasteiger partial charge on any atom is -0.388 e. The Hall–Kier alpha value is -1.02. The summed E-state index contributed by atoms with van der Waals surface area (Å²) in [7, 11) is 1.92. The van der Waals surface area contributed by atoms with Gasteiger partial charge in [0, 0.05) is 19.3 Å². The summed E-state index contributed by atoms with van der Waals surface area (Å²) in [5.74, 6) is 0. The van der Waals surface area contributed by atoms with E-state index in [4.69, 9.17) is 5.73 Å². The zero-order valence-electron chi connectivity index (χ0n) is 7.72. The van der Waals surface area contributed by atoms with E-state index in [1.807, 2.05) is 7.05 Å². The van der Waals surface area contributed by atoms with E-state index >= 15 is 0 Å². The lowest BCUT2D eigenvalue weighted by Crippen LogP contribution is -2.02. The molecule has 0 saturated carbocycles. The average Bonchev–Trinajstić information content (AvgIpc) is 2.16. The van der Waals surface area contributed by atoms with Crippen LogP contribution >= 0.6 is 0 Å². The SMILES string of the molecule is CCc1ccc(CN)c(NC)c1. The Morgan fingerprint density at radius 2 is 2.17 bits per heavy atom. The van der Waals surface area contributed by atoms with Crippen molar-refractivity contribution < 1.29 is 0 Å². The summed E-state index contributed by atoms with van der Waals surface area (Å²) in [6.45, 7) is 2.75. The summed E-state index contributed by atoms with van der Waals surface area (Å²) < 4.78 is 0. The zero-order valence-corrected chi connectivity index (χ0v) is 7.72. The Kier molecular flexibility index (Phi) is 3.11. The van der Waals surface area contributed by atoms with Crippen LogP contribution in [0, 0.1) is 0 Å². The summed E-state index contributed by atoms with van der Waals surface area (Å²) in [4.78, 5) is 0. The second-order valence-electron chi connectivity index (χ2n) is 2.80. The average molecular weight is 164 g/mol. The van der Waals surface area contributed by atoms with Gasteiger partial charge in [0.2, 0.25) is 0 Å². The maximum atomic E-state index is 5.58. The van der Waals surface area contributed by atoms with Crippen LogP contribution in [0.2, 0.25) is 0 Å². The number of nitrogens with one attached hydrogen (secondary N) is 1. The molecule has 2 nitrogen and oxygen atoms in total. The van der Waals surface area contributed by atoms with E-state index in [-0.39, 0.29) is 0 Å². The van der Waals surface area contributed by atoms with Crippen molar-refractivity contribution in [1.29, 1.82) is 0 Å². The summed E-state index contributed by atoms with van der Waals surface area (Å²) in [5.41, 5.74) is 9.25. The van der Waals surface area contributed by atoms with Crippen LogP contribution in [0.5, 0.6) is 0 Å². The molecule has 0 amide bonds. The zero-order chi connectivity index (χ0) is 8.97. The molecular formula is C10H16N2. The highest BCUT2D eigenvalue weighted by Crippen LogP contribution is 2.16. The number of aryl methyl sites for hydroxylation is 1. The van der Waals surface area contributed by atoms with Crippen molar-refractivity contribution in [3.63, 3.8) is 0 Å². The minimum atomic E-state index is 0.597. The van der Waals surface area contributed by atoms with E-state index in [9.17, 15) is 0 Å². The molecule has 0 aliphatic heterocycles. The summed E-state index contributed by atoms with van der Waals surface area (Å²) in [6.07, 6.45) is 1.07. The monoisotopic (exact) mass is 164 g/mol. The number of hydrogen-bond acceptors (Lipinski definition) is 2. The maximum Gasteiger partial charge on any atom is 0.0385 e. The third kappa shape index (κ3) is 1.77. The van der Waals surface area contributed by atoms with Gasteiger partial charge in [0.05, 0.1) is 0 Å². The second kappa shape index (κ2) is 4.12. The molecule has 2 heteroatoms. The van der Waals surface area contributed by atoms with Gasteiger partial charge in [-0.15, -0.1) is 0 Å². The van der Waals surface area contributed by atoms with Crippen LogP contribution in [-0.4, -0.2) is 7.05 Å². The van der Waals surface area contributed by atoms with Crippen molar-refractivity contribution in [2.45, 2.75) is 19.9 Å². The number of hydrogen-bond donors (Lipinski definition) is 2. The van der Waals surface area contributed by atoms with Crippen LogP contribution in [-0.2, 0) is 13.0 Å². The molecule has 1 aromatic rings. The van der Waals surface area contributed by atoms with Crippen LogP contribution in [0.15, 0.2) is 18.2 Å². The van der Waals surface area contributed by atoms with Crippen LogP contribution < -0.4 is 11.1 Å². The molecule has 0 unspecified atom stereocenters. The molecule has 1 aromatic carbocycles. The van der Waals surface area contributed by atoms with Gasteiger partial charge in [0.15, 0.2) is 0 Å². The van der Waals surface area contributed by atoms with Gasteiger partial charge in [-0.1, -0.05) is 19.1 Å². The van der Waals surface area contributed by atoms with E-state index < -0.39 is 0 Å². The van der Waals surface area contributed by atoms with Crippen LogP contribution in [0.4, 0.5) is 5.69 Å². The fourth-order valence-corrected chi connectivity index (χ4v) is 1.25. The Balaban J connectivity index is 3.02. The third-order valence-corrected chi connectivity index (χ3v) is 2.07. The summed E-state index contributed by atoms with van der Waals surface area (Å²) in [6, 6.07) is 6.37. The largest absolute Gasteiger partial charge is 0.388 e. The topological polar surface area (TPSA) is 38.0 Å². The lowest BCUT2D eigenvalue weighted by Gasteiger charge is -2.08. The van der Waals surface area contributed by atoms with Gasteiger partial charge in [0.25, 0.3) is 0 Å². The number of anilines is 1. The van der Waals surface area contributed by atoms with Crippen LogP contribution in [0.3, 0.4) is 0 Å². The van der Waals surface area contributed by atoms with Gasteiger partial charge in [-0.3, -0.25) is 0 Å². The molecule has 0 bridgehead atoms. The van der Waals surface area contributed by atoms with Gasteiger partial charge >= 0.3 is 0 Å². The Bertz CT molecular complexity index is 256. The van der Waals surface area contributed by atoms with Crippen molar-refractivity contribution in [3.05, 3.63) is 29.3 Å². The molecule has 0 aliphatic carbocycles. The number of rotatable bonds is 3. The van der Waals surface area contributed by atoms with E-state index in [0.717, 1.165) is 12.1 Å². The lowest BCUT2D eigenvalue weighted by molar-refractivity contribution is 1.06. The van der Waals surface area contributed by atoms with Crippen molar-refractivity contribution >= 4 is 5.69 Å². The third-order valence-electron chi connectivity index (χ3n) is 2.07. The van der Waals surface area contributed by atoms with Crippen LogP contribution in [0.25, 0.3) is 0 Å². The molecule has 0 fully saturated rings. The molecule has 0 heterocycles. The molecule has 1 rings (SSSR count). The maximum absolute atomic E-state index is 5.58. The molecule has 0 aliphatic rings. The lowest BCUT2D eigenvalue weighted by atomic mass is 10.1. The highest BCUT2D eigenvalue weighted by atomic mass is 14.8. The van der Waals surface area contributed by atoms with Crippen molar-refractivity contribution in [2.75, 3.05) is 12.4 Å². The van der Waals surface area contributed by atoms with Crippen molar-refractivity contribution in [2.24, 2.45) is 5.73 Å². The highest BCUT2D eigenvalue weighted by Gasteiger charge is 1.98. The van der Waals surface area contributed by atoms with Crippen molar-refractivity contribution in [1.82, 2.24) is 0 Å². The first-order valence-corrected chi connectivity index (χ1v) is 4.31. The Morgan fingerprint density at radius 1 is 1.42 bits per heavy atom. The predicted molar refractivity (Wildman–Crippen MR) is 53.3 cm³/mol. The smallest absolute Gasteiger partial charge is 0.0385 e. The summed E-state index contributed by atoms with van der Waals surface area (Å²) in [5, 5.41) is 3.14. The first-order valence-electron chi connectivity index (χ1n) is 4.31. The molecular weight excluding hydrogens is 148 g/mol. The molecule has 0 radical (unpaired) electrons. The van der Waals surface area contributed by atoms with Gasteiger partial charge < -0.3 is 11.1 Å². The molecule has 0 saturated heterocycles. The molecule has 0 atom stereocenters. The highest BCUT2D eigenvalue weighted by molar-refractivity contribution is 5.52. The quantitative estimate of drug-likeness (QED) is 0.714. The van der Waals surface area contributed by atoms with E-state index in [1.165, 1.54) is 11.1 Å². The first-order chi connectivity index (χ1) is 5.81.